The fraction of sp³-hybridized carbons (Fsp3) is 1.00. The number of hydrogen-bond donors (Lipinski definition) is 1. The van der Waals surface area contributed by atoms with Gasteiger partial charge < -0.3 is 5.32 Å². The molecule has 0 aromatic rings. The van der Waals surface area contributed by atoms with Crippen LogP contribution in [0.5, 0.6) is 0 Å². The van der Waals surface area contributed by atoms with E-state index in [1.54, 1.807) is 19.3 Å². The molecule has 0 aliphatic heterocycles. The van der Waals surface area contributed by atoms with Crippen LogP contribution in [-0.2, 0) is 0 Å². The van der Waals surface area contributed by atoms with Crippen molar-refractivity contribution in [1.82, 2.24) is 5.32 Å². The molecule has 7 atom stereocenters. The van der Waals surface area contributed by atoms with Gasteiger partial charge in [0.1, 0.15) is 0 Å². The van der Waals surface area contributed by atoms with E-state index in [0.29, 0.717) is 0 Å². The molecule has 108 valence electrons. The summed E-state index contributed by atoms with van der Waals surface area (Å²) < 4.78 is 0. The summed E-state index contributed by atoms with van der Waals surface area (Å²) in [5.41, 5.74) is 0. The van der Waals surface area contributed by atoms with Crippen LogP contribution in [-0.4, -0.2) is 23.6 Å². The van der Waals surface area contributed by atoms with Crippen molar-refractivity contribution in [3.63, 3.8) is 0 Å². The minimum absolute atomic E-state index is 0.843. The highest BCUT2D eigenvalue weighted by Crippen LogP contribution is 2.58. The van der Waals surface area contributed by atoms with Crippen molar-refractivity contribution >= 4 is 11.8 Å². The maximum atomic E-state index is 4.11. The predicted octanol–water partition coefficient (Wildman–Crippen LogP) is 4.07. The van der Waals surface area contributed by atoms with Crippen LogP contribution in [0.15, 0.2) is 0 Å². The highest BCUT2D eigenvalue weighted by Gasteiger charge is 2.53. The molecule has 1 nitrogen and oxygen atoms in total. The van der Waals surface area contributed by atoms with Crippen molar-refractivity contribution in [2.45, 2.75) is 75.1 Å². The summed E-state index contributed by atoms with van der Waals surface area (Å²) in [5, 5.41) is 5.05. The van der Waals surface area contributed by atoms with Gasteiger partial charge in [-0.2, -0.15) is 11.8 Å². The molecule has 0 saturated heterocycles. The van der Waals surface area contributed by atoms with Crippen LogP contribution in [0.2, 0.25) is 0 Å². The first-order valence-corrected chi connectivity index (χ1v) is 9.93. The maximum absolute atomic E-state index is 4.11. The van der Waals surface area contributed by atoms with Crippen molar-refractivity contribution in [2.24, 2.45) is 23.7 Å². The highest BCUT2D eigenvalue weighted by molar-refractivity contribution is 7.99. The molecule has 4 aliphatic rings. The third-order valence-electron chi connectivity index (χ3n) is 6.84. The molecule has 0 radical (unpaired) electrons. The molecule has 4 rings (SSSR count). The van der Waals surface area contributed by atoms with E-state index in [9.17, 15) is 0 Å². The molecule has 4 fully saturated rings. The number of rotatable bonds is 3. The van der Waals surface area contributed by atoms with Crippen LogP contribution >= 0.6 is 11.8 Å². The standard InChI is InChI=1S/C17H29NS/c1-19-13-5-2-4-12(10-13)18-17-9-11-8-16(17)15-7-3-6-14(11)15/h11-18H,2-10H2,1H3. The van der Waals surface area contributed by atoms with Gasteiger partial charge in [-0.15, -0.1) is 0 Å². The van der Waals surface area contributed by atoms with Gasteiger partial charge in [-0.3, -0.25) is 0 Å². The smallest absolute Gasteiger partial charge is 0.0103 e. The van der Waals surface area contributed by atoms with Crippen molar-refractivity contribution in [1.29, 1.82) is 0 Å². The quantitative estimate of drug-likeness (QED) is 0.835. The summed E-state index contributed by atoms with van der Waals surface area (Å²) in [5.74, 6) is 4.44. The second-order valence-corrected chi connectivity index (χ2v) is 8.79. The second-order valence-electron chi connectivity index (χ2n) is 7.65. The topological polar surface area (TPSA) is 12.0 Å². The summed E-state index contributed by atoms with van der Waals surface area (Å²) >= 11 is 2.10. The Morgan fingerprint density at radius 1 is 0.842 bits per heavy atom. The second kappa shape index (κ2) is 5.26. The van der Waals surface area contributed by atoms with Gasteiger partial charge >= 0.3 is 0 Å². The lowest BCUT2D eigenvalue weighted by Gasteiger charge is -2.37. The Hall–Kier alpha value is 0.310. The van der Waals surface area contributed by atoms with E-state index in [1.165, 1.54) is 38.5 Å². The maximum Gasteiger partial charge on any atom is 0.0103 e. The lowest BCUT2D eigenvalue weighted by molar-refractivity contribution is 0.188. The molecule has 2 heteroatoms. The first-order chi connectivity index (χ1) is 9.35. The zero-order valence-corrected chi connectivity index (χ0v) is 13.1. The van der Waals surface area contributed by atoms with E-state index in [1.807, 2.05) is 0 Å². The SMILES string of the molecule is CSC1CCCC(NC2CC3CC2C2CCCC32)C1. The van der Waals surface area contributed by atoms with E-state index in [0.717, 1.165) is 41.0 Å². The number of nitrogens with one attached hydrogen (secondary N) is 1. The van der Waals surface area contributed by atoms with Crippen molar-refractivity contribution in [2.75, 3.05) is 6.26 Å². The summed E-state index contributed by atoms with van der Waals surface area (Å²) in [4.78, 5) is 0. The lowest BCUT2D eigenvalue weighted by Crippen LogP contribution is -2.46. The van der Waals surface area contributed by atoms with Crippen LogP contribution in [0.4, 0.5) is 0 Å². The Balaban J connectivity index is 1.37. The van der Waals surface area contributed by atoms with Gasteiger partial charge in [-0.1, -0.05) is 12.8 Å². The molecular formula is C17H29NS. The minimum Gasteiger partial charge on any atom is -0.311 e. The minimum atomic E-state index is 0.843. The zero-order chi connectivity index (χ0) is 12.8. The number of fused-ring (bicyclic) bond motifs is 5. The molecule has 1 N–H and O–H groups in total. The monoisotopic (exact) mass is 279 g/mol. The fourth-order valence-corrected chi connectivity index (χ4v) is 6.90. The van der Waals surface area contributed by atoms with Gasteiger partial charge in [-0.25, -0.2) is 0 Å². The van der Waals surface area contributed by atoms with Crippen LogP contribution in [0.1, 0.15) is 57.8 Å². The Morgan fingerprint density at radius 3 is 2.58 bits per heavy atom. The van der Waals surface area contributed by atoms with Crippen molar-refractivity contribution in [3.05, 3.63) is 0 Å². The van der Waals surface area contributed by atoms with Gasteiger partial charge in [0, 0.05) is 17.3 Å². The Morgan fingerprint density at radius 2 is 1.68 bits per heavy atom. The van der Waals surface area contributed by atoms with E-state index in [2.05, 4.69) is 23.3 Å². The van der Waals surface area contributed by atoms with Crippen LogP contribution < -0.4 is 5.32 Å². The molecule has 7 unspecified atom stereocenters. The molecule has 0 spiro atoms. The summed E-state index contributed by atoms with van der Waals surface area (Å²) in [6.45, 7) is 0. The third-order valence-corrected chi connectivity index (χ3v) is 7.93. The molecule has 4 aliphatic carbocycles. The van der Waals surface area contributed by atoms with Gasteiger partial charge in [-0.05, 0) is 74.9 Å². The highest BCUT2D eigenvalue weighted by atomic mass is 32.2. The average molecular weight is 279 g/mol. The Kier molecular flexibility index (Phi) is 3.60. The van der Waals surface area contributed by atoms with E-state index < -0.39 is 0 Å². The Bertz CT molecular complexity index is 331. The molecule has 0 aromatic heterocycles. The first-order valence-electron chi connectivity index (χ1n) is 8.64. The first kappa shape index (κ1) is 13.0. The third kappa shape index (κ3) is 2.27. The van der Waals surface area contributed by atoms with E-state index in [4.69, 9.17) is 0 Å². The molecule has 2 bridgehead atoms. The number of thioether (sulfide) groups is 1. The zero-order valence-electron chi connectivity index (χ0n) is 12.3. The lowest BCUT2D eigenvalue weighted by atomic mass is 9.78. The van der Waals surface area contributed by atoms with E-state index >= 15 is 0 Å². The van der Waals surface area contributed by atoms with Crippen LogP contribution in [0.25, 0.3) is 0 Å². The average Bonchev–Trinajstić information content (AvgIpc) is 3.10. The molecule has 19 heavy (non-hydrogen) atoms. The molecule has 0 amide bonds. The normalized spacial score (nSPS) is 52.6. The number of hydrogen-bond acceptors (Lipinski definition) is 2. The van der Waals surface area contributed by atoms with E-state index in [-0.39, 0.29) is 0 Å². The molecule has 4 saturated carbocycles. The fourth-order valence-electron chi connectivity index (χ4n) is 6.07. The molecule has 0 heterocycles. The molecular weight excluding hydrogens is 250 g/mol. The van der Waals surface area contributed by atoms with Gasteiger partial charge in [0.25, 0.3) is 0 Å². The molecule has 0 aromatic carbocycles. The summed E-state index contributed by atoms with van der Waals surface area (Å²) in [7, 11) is 0. The van der Waals surface area contributed by atoms with Crippen molar-refractivity contribution < 1.29 is 0 Å². The van der Waals surface area contributed by atoms with Gasteiger partial charge in [0.05, 0.1) is 0 Å². The summed E-state index contributed by atoms with van der Waals surface area (Å²) in [6, 6.07) is 1.74. The predicted molar refractivity (Wildman–Crippen MR) is 83.5 cm³/mol. The van der Waals surface area contributed by atoms with Crippen LogP contribution in [0.3, 0.4) is 0 Å². The Labute approximate surface area is 122 Å². The van der Waals surface area contributed by atoms with Gasteiger partial charge in [0.15, 0.2) is 0 Å². The summed E-state index contributed by atoms with van der Waals surface area (Å²) in [6.07, 6.45) is 15.8. The van der Waals surface area contributed by atoms with Gasteiger partial charge in [0.2, 0.25) is 0 Å². The van der Waals surface area contributed by atoms with Crippen LogP contribution in [0, 0.1) is 23.7 Å². The van der Waals surface area contributed by atoms with Crippen molar-refractivity contribution in [3.8, 4) is 0 Å². The largest absolute Gasteiger partial charge is 0.311 e.